The number of carbonyl (C=O) groups is 1. The lowest BCUT2D eigenvalue weighted by Crippen LogP contribution is -2.23. The zero-order valence-corrected chi connectivity index (χ0v) is 17.1. The van der Waals surface area contributed by atoms with Crippen LogP contribution in [-0.2, 0) is 4.79 Å². The van der Waals surface area contributed by atoms with Gasteiger partial charge < -0.3 is 10.1 Å². The zero-order chi connectivity index (χ0) is 19.6. The van der Waals surface area contributed by atoms with Crippen LogP contribution < -0.4 is 10.1 Å². The molecule has 3 rings (SSSR count). The maximum atomic E-state index is 12.7. The van der Waals surface area contributed by atoms with E-state index in [9.17, 15) is 4.79 Å². The van der Waals surface area contributed by atoms with Crippen molar-refractivity contribution in [2.75, 3.05) is 12.4 Å². The van der Waals surface area contributed by atoms with Crippen LogP contribution in [0.2, 0.25) is 5.02 Å². The summed E-state index contributed by atoms with van der Waals surface area (Å²) >= 11 is 7.50. The quantitative estimate of drug-likeness (QED) is 0.607. The van der Waals surface area contributed by atoms with E-state index in [0.29, 0.717) is 16.5 Å². The Hall–Kier alpha value is -2.31. The second kappa shape index (κ2) is 8.15. The Morgan fingerprint density at radius 3 is 2.52 bits per heavy atom. The Bertz CT molecular complexity index is 1010. The number of para-hydroxylation sites is 2. The lowest BCUT2D eigenvalue weighted by Gasteiger charge is -2.16. The monoisotopic (exact) mass is 401 g/mol. The molecule has 0 saturated carbocycles. The normalized spacial score (nSPS) is 12.0. The molecule has 1 heterocycles. The van der Waals surface area contributed by atoms with Gasteiger partial charge in [0.25, 0.3) is 0 Å². The largest absolute Gasteiger partial charge is 0.495 e. The second-order valence-corrected chi connectivity index (χ2v) is 7.89. The lowest BCUT2D eigenvalue weighted by atomic mass is 10.2. The summed E-state index contributed by atoms with van der Waals surface area (Å²) in [5.41, 5.74) is 3.92. The first-order valence-electron chi connectivity index (χ1n) is 8.44. The van der Waals surface area contributed by atoms with Gasteiger partial charge in [-0.2, -0.15) is 0 Å². The summed E-state index contributed by atoms with van der Waals surface area (Å²) in [6.45, 7) is 5.62. The Labute approximate surface area is 167 Å². The predicted molar refractivity (Wildman–Crippen MR) is 111 cm³/mol. The fourth-order valence-corrected chi connectivity index (χ4v) is 3.59. The van der Waals surface area contributed by atoms with Gasteiger partial charge in [-0.15, -0.1) is 0 Å². The van der Waals surface area contributed by atoms with Gasteiger partial charge in [0, 0.05) is 11.1 Å². The molecular formula is C20H20ClN3O2S. The number of fused-ring (bicyclic) bond motifs is 1. The van der Waals surface area contributed by atoms with Crippen molar-refractivity contribution < 1.29 is 9.53 Å². The minimum Gasteiger partial charge on any atom is -0.495 e. The standard InChI is InChI=1S/C20H20ClN3O2S/c1-11-9-17(18(26-4)10-14(11)21)23-19(25)13(3)27-20-12(2)22-15-7-5-6-8-16(15)24-20/h5-10,13H,1-4H3,(H,23,25). The van der Waals surface area contributed by atoms with Gasteiger partial charge in [-0.3, -0.25) is 4.79 Å². The smallest absolute Gasteiger partial charge is 0.237 e. The van der Waals surface area contributed by atoms with Crippen LogP contribution in [-0.4, -0.2) is 28.2 Å². The number of aromatic nitrogens is 2. The number of nitrogens with one attached hydrogen (secondary N) is 1. The van der Waals surface area contributed by atoms with Crippen LogP contribution in [0, 0.1) is 13.8 Å². The number of hydrogen-bond acceptors (Lipinski definition) is 5. The van der Waals surface area contributed by atoms with Crippen molar-refractivity contribution in [2.45, 2.75) is 31.0 Å². The van der Waals surface area contributed by atoms with Crippen molar-refractivity contribution in [3.8, 4) is 5.75 Å². The summed E-state index contributed by atoms with van der Waals surface area (Å²) in [4.78, 5) is 21.9. The molecule has 1 N–H and O–H groups in total. The molecule has 7 heteroatoms. The van der Waals surface area contributed by atoms with Gasteiger partial charge in [0.05, 0.1) is 34.8 Å². The molecule has 0 fully saturated rings. The Kier molecular flexibility index (Phi) is 5.87. The molecule has 0 aliphatic carbocycles. The van der Waals surface area contributed by atoms with Gasteiger partial charge in [0.2, 0.25) is 5.91 Å². The molecule has 140 valence electrons. The molecular weight excluding hydrogens is 382 g/mol. The number of nitrogens with zero attached hydrogens (tertiary/aromatic N) is 2. The van der Waals surface area contributed by atoms with Crippen LogP contribution in [0.4, 0.5) is 5.69 Å². The summed E-state index contributed by atoms with van der Waals surface area (Å²) in [6, 6.07) is 11.2. The van der Waals surface area contributed by atoms with Crippen molar-refractivity contribution in [3.63, 3.8) is 0 Å². The average molecular weight is 402 g/mol. The number of rotatable bonds is 5. The minimum absolute atomic E-state index is 0.144. The van der Waals surface area contributed by atoms with Gasteiger partial charge in [-0.1, -0.05) is 35.5 Å². The Morgan fingerprint density at radius 2 is 1.85 bits per heavy atom. The summed E-state index contributed by atoms with van der Waals surface area (Å²) in [5, 5.41) is 3.89. The van der Waals surface area contributed by atoms with Crippen LogP contribution in [0.15, 0.2) is 41.4 Å². The summed E-state index contributed by atoms with van der Waals surface area (Å²) < 4.78 is 5.32. The van der Waals surface area contributed by atoms with Crippen molar-refractivity contribution in [3.05, 3.63) is 52.7 Å². The molecule has 0 bridgehead atoms. The van der Waals surface area contributed by atoms with E-state index in [1.807, 2.05) is 45.0 Å². The van der Waals surface area contributed by atoms with Crippen LogP contribution in [0.1, 0.15) is 18.2 Å². The number of anilines is 1. The highest BCUT2D eigenvalue weighted by molar-refractivity contribution is 8.00. The zero-order valence-electron chi connectivity index (χ0n) is 15.5. The van der Waals surface area contributed by atoms with Crippen molar-refractivity contribution in [2.24, 2.45) is 0 Å². The van der Waals surface area contributed by atoms with E-state index in [4.69, 9.17) is 16.3 Å². The fourth-order valence-electron chi connectivity index (χ4n) is 2.57. The van der Waals surface area contributed by atoms with Crippen molar-refractivity contribution in [1.82, 2.24) is 9.97 Å². The van der Waals surface area contributed by atoms with Gasteiger partial charge in [-0.25, -0.2) is 9.97 Å². The topological polar surface area (TPSA) is 64.1 Å². The first-order chi connectivity index (χ1) is 12.9. The van der Waals surface area contributed by atoms with E-state index < -0.39 is 0 Å². The number of thioether (sulfide) groups is 1. The van der Waals surface area contributed by atoms with Gasteiger partial charge in [0.1, 0.15) is 10.8 Å². The van der Waals surface area contributed by atoms with Gasteiger partial charge in [-0.05, 0) is 44.5 Å². The Morgan fingerprint density at radius 1 is 1.19 bits per heavy atom. The molecule has 0 saturated heterocycles. The van der Waals surface area contributed by atoms with E-state index in [0.717, 1.165) is 27.3 Å². The maximum Gasteiger partial charge on any atom is 0.237 e. The van der Waals surface area contributed by atoms with Crippen LogP contribution in [0.25, 0.3) is 11.0 Å². The maximum absolute atomic E-state index is 12.7. The van der Waals surface area contributed by atoms with E-state index >= 15 is 0 Å². The number of methoxy groups -OCH3 is 1. The number of halogens is 1. The lowest BCUT2D eigenvalue weighted by molar-refractivity contribution is -0.115. The third kappa shape index (κ3) is 4.34. The van der Waals surface area contributed by atoms with Crippen molar-refractivity contribution in [1.29, 1.82) is 0 Å². The molecule has 1 aromatic heterocycles. The second-order valence-electron chi connectivity index (χ2n) is 6.15. The number of amides is 1. The highest BCUT2D eigenvalue weighted by Gasteiger charge is 2.19. The molecule has 1 unspecified atom stereocenters. The summed E-state index contributed by atoms with van der Waals surface area (Å²) in [6.07, 6.45) is 0. The molecule has 1 amide bonds. The summed E-state index contributed by atoms with van der Waals surface area (Å²) in [5.74, 6) is 0.382. The SMILES string of the molecule is COc1cc(Cl)c(C)cc1NC(=O)C(C)Sc1nc2ccccc2nc1C. The number of ether oxygens (including phenoxy) is 1. The first-order valence-corrected chi connectivity index (χ1v) is 9.70. The van der Waals surface area contributed by atoms with Gasteiger partial charge >= 0.3 is 0 Å². The number of carbonyl (C=O) groups excluding carboxylic acids is 1. The van der Waals surface area contributed by atoms with Crippen molar-refractivity contribution >= 4 is 46.0 Å². The fraction of sp³-hybridized carbons (Fsp3) is 0.250. The molecule has 0 aliphatic heterocycles. The molecule has 0 aliphatic rings. The molecule has 5 nitrogen and oxygen atoms in total. The highest BCUT2D eigenvalue weighted by Crippen LogP contribution is 2.32. The summed E-state index contributed by atoms with van der Waals surface area (Å²) in [7, 11) is 1.54. The predicted octanol–water partition coefficient (Wildman–Crippen LogP) is 5.03. The third-order valence-electron chi connectivity index (χ3n) is 4.10. The van der Waals surface area contributed by atoms with Gasteiger partial charge in [0.15, 0.2) is 0 Å². The first kappa shape index (κ1) is 19.5. The molecule has 27 heavy (non-hydrogen) atoms. The number of hydrogen-bond donors (Lipinski definition) is 1. The average Bonchev–Trinajstić information content (AvgIpc) is 2.65. The molecule has 0 radical (unpaired) electrons. The molecule has 1 atom stereocenters. The van der Waals surface area contributed by atoms with Crippen LogP contribution >= 0.6 is 23.4 Å². The third-order valence-corrected chi connectivity index (χ3v) is 5.68. The van der Waals surface area contributed by atoms with Crippen LogP contribution in [0.5, 0.6) is 5.75 Å². The van der Waals surface area contributed by atoms with E-state index in [1.165, 1.54) is 11.8 Å². The Balaban J connectivity index is 1.79. The van der Waals surface area contributed by atoms with E-state index in [-0.39, 0.29) is 11.2 Å². The molecule has 2 aromatic carbocycles. The number of benzene rings is 2. The van der Waals surface area contributed by atoms with E-state index in [2.05, 4.69) is 15.3 Å². The highest BCUT2D eigenvalue weighted by atomic mass is 35.5. The van der Waals surface area contributed by atoms with Crippen LogP contribution in [0.3, 0.4) is 0 Å². The number of aryl methyl sites for hydroxylation is 2. The minimum atomic E-state index is -0.361. The molecule has 3 aromatic rings. The molecule has 0 spiro atoms. The van der Waals surface area contributed by atoms with E-state index in [1.54, 1.807) is 19.2 Å².